The number of rotatable bonds is 2. The third kappa shape index (κ3) is 2.34. The summed E-state index contributed by atoms with van der Waals surface area (Å²) in [6.07, 6.45) is 3.15. The van der Waals surface area contributed by atoms with E-state index < -0.39 is 28.5 Å². The predicted octanol–water partition coefficient (Wildman–Crippen LogP) is 3.40. The van der Waals surface area contributed by atoms with Gasteiger partial charge < -0.3 is 21.7 Å². The molecule has 1 saturated carbocycles. The molecule has 1 fully saturated rings. The highest BCUT2D eigenvalue weighted by Crippen LogP contribution is 2.49. The predicted molar refractivity (Wildman–Crippen MR) is 84.2 cm³/mol. The van der Waals surface area contributed by atoms with Gasteiger partial charge in [0, 0.05) is 5.41 Å². The zero-order valence-corrected chi connectivity index (χ0v) is 12.4. The molecule has 2 aromatic carbocycles. The van der Waals surface area contributed by atoms with Crippen molar-refractivity contribution in [2.75, 3.05) is 11.5 Å². The SMILES string of the molecule is Nc1cc(C2(c3cc(N)c(O)c(F)c3)CCCC2)cc(F)c1O. The zero-order chi connectivity index (χ0) is 16.8. The first-order valence-corrected chi connectivity index (χ1v) is 7.42. The molecule has 3 rings (SSSR count). The summed E-state index contributed by atoms with van der Waals surface area (Å²) < 4.78 is 27.9. The normalized spacial score (nSPS) is 16.6. The van der Waals surface area contributed by atoms with E-state index in [1.165, 1.54) is 24.3 Å². The number of nitrogen functional groups attached to an aromatic ring is 2. The van der Waals surface area contributed by atoms with Gasteiger partial charge in [-0.15, -0.1) is 0 Å². The van der Waals surface area contributed by atoms with Crippen LogP contribution in [0.4, 0.5) is 20.2 Å². The van der Waals surface area contributed by atoms with Crippen LogP contribution in [-0.4, -0.2) is 10.2 Å². The third-order valence-electron chi connectivity index (χ3n) is 4.75. The average Bonchev–Trinajstić information content (AvgIpc) is 3.00. The molecule has 122 valence electrons. The van der Waals surface area contributed by atoms with Crippen LogP contribution in [0.25, 0.3) is 0 Å². The van der Waals surface area contributed by atoms with Crippen molar-refractivity contribution in [2.24, 2.45) is 0 Å². The Labute approximate surface area is 132 Å². The van der Waals surface area contributed by atoms with Crippen molar-refractivity contribution in [3.8, 4) is 11.5 Å². The molecule has 0 unspecified atom stereocenters. The van der Waals surface area contributed by atoms with Gasteiger partial charge in [0.15, 0.2) is 23.1 Å². The van der Waals surface area contributed by atoms with Crippen molar-refractivity contribution < 1.29 is 19.0 Å². The maximum Gasteiger partial charge on any atom is 0.174 e. The van der Waals surface area contributed by atoms with E-state index >= 15 is 0 Å². The second kappa shape index (κ2) is 5.30. The van der Waals surface area contributed by atoms with Crippen molar-refractivity contribution >= 4 is 11.4 Å². The lowest BCUT2D eigenvalue weighted by molar-refractivity contribution is 0.428. The molecule has 6 N–H and O–H groups in total. The Kier molecular flexibility index (Phi) is 3.55. The van der Waals surface area contributed by atoms with Crippen molar-refractivity contribution in [3.05, 3.63) is 47.0 Å². The summed E-state index contributed by atoms with van der Waals surface area (Å²) in [5, 5.41) is 19.1. The molecular weight excluding hydrogens is 302 g/mol. The summed E-state index contributed by atoms with van der Waals surface area (Å²) in [6.45, 7) is 0. The fourth-order valence-electron chi connectivity index (χ4n) is 3.52. The quantitative estimate of drug-likeness (QED) is 0.504. The van der Waals surface area contributed by atoms with Gasteiger partial charge in [-0.2, -0.15) is 0 Å². The van der Waals surface area contributed by atoms with E-state index in [0.29, 0.717) is 24.0 Å². The minimum absolute atomic E-state index is 0.0569. The molecule has 0 heterocycles. The number of nitrogens with two attached hydrogens (primary N) is 2. The van der Waals surface area contributed by atoms with Gasteiger partial charge >= 0.3 is 0 Å². The molecule has 0 bridgehead atoms. The van der Waals surface area contributed by atoms with Crippen LogP contribution in [0.2, 0.25) is 0 Å². The molecule has 0 atom stereocenters. The van der Waals surface area contributed by atoms with E-state index in [0.717, 1.165) is 12.8 Å². The fraction of sp³-hybridized carbons (Fsp3) is 0.294. The lowest BCUT2D eigenvalue weighted by Gasteiger charge is -2.31. The van der Waals surface area contributed by atoms with Gasteiger partial charge in [0.1, 0.15) is 0 Å². The Bertz CT molecular complexity index is 666. The first-order chi connectivity index (χ1) is 10.8. The number of aromatic hydroxyl groups is 2. The van der Waals surface area contributed by atoms with Gasteiger partial charge in [-0.1, -0.05) is 12.8 Å². The van der Waals surface area contributed by atoms with Crippen molar-refractivity contribution in [1.82, 2.24) is 0 Å². The molecule has 6 heteroatoms. The number of halogens is 2. The Balaban J connectivity index is 2.22. The highest BCUT2D eigenvalue weighted by Gasteiger charge is 2.39. The van der Waals surface area contributed by atoms with Gasteiger partial charge in [0.25, 0.3) is 0 Å². The smallest absolute Gasteiger partial charge is 0.174 e. The van der Waals surface area contributed by atoms with Crippen LogP contribution in [-0.2, 0) is 5.41 Å². The first kappa shape index (κ1) is 15.4. The van der Waals surface area contributed by atoms with E-state index in [4.69, 9.17) is 11.5 Å². The molecule has 4 nitrogen and oxygen atoms in total. The second-order valence-corrected chi connectivity index (χ2v) is 6.08. The van der Waals surface area contributed by atoms with E-state index in [1.807, 2.05) is 0 Å². The highest BCUT2D eigenvalue weighted by atomic mass is 19.1. The van der Waals surface area contributed by atoms with Crippen LogP contribution in [0.15, 0.2) is 24.3 Å². The summed E-state index contributed by atoms with van der Waals surface area (Å²) in [5.41, 5.74) is 11.8. The van der Waals surface area contributed by atoms with Crippen molar-refractivity contribution in [2.45, 2.75) is 31.1 Å². The van der Waals surface area contributed by atoms with Crippen molar-refractivity contribution in [1.29, 1.82) is 0 Å². The minimum Gasteiger partial charge on any atom is -0.503 e. The van der Waals surface area contributed by atoms with Gasteiger partial charge in [0.2, 0.25) is 0 Å². The molecule has 0 aliphatic heterocycles. The number of hydrogen-bond donors (Lipinski definition) is 4. The Morgan fingerprint density at radius 3 is 1.52 bits per heavy atom. The monoisotopic (exact) mass is 320 g/mol. The highest BCUT2D eigenvalue weighted by molar-refractivity contribution is 5.60. The average molecular weight is 320 g/mol. The van der Waals surface area contributed by atoms with E-state index in [-0.39, 0.29) is 11.4 Å². The number of hydrogen-bond acceptors (Lipinski definition) is 4. The zero-order valence-electron chi connectivity index (χ0n) is 12.4. The Hall–Kier alpha value is -2.50. The Morgan fingerprint density at radius 1 is 0.783 bits per heavy atom. The van der Waals surface area contributed by atoms with Crippen LogP contribution in [0.5, 0.6) is 11.5 Å². The van der Waals surface area contributed by atoms with E-state index in [1.54, 1.807) is 0 Å². The summed E-state index contributed by atoms with van der Waals surface area (Å²) in [6, 6.07) is 5.51. The molecule has 1 aliphatic rings. The maximum absolute atomic E-state index is 13.9. The standard InChI is InChI=1S/C17H18F2N2O2/c18-11-5-9(7-13(20)15(11)22)17(3-1-2-4-17)10-6-12(19)16(23)14(21)8-10/h5-8,22-23H,1-4,20-21H2. The fourth-order valence-corrected chi connectivity index (χ4v) is 3.52. The summed E-state index contributed by atoms with van der Waals surface area (Å²) in [7, 11) is 0. The third-order valence-corrected chi connectivity index (χ3v) is 4.75. The molecule has 0 radical (unpaired) electrons. The number of phenolic OH excluding ortho intramolecular Hbond substituents is 2. The lowest BCUT2D eigenvalue weighted by Crippen LogP contribution is -2.24. The molecule has 0 aromatic heterocycles. The van der Waals surface area contributed by atoms with Gasteiger partial charge in [-0.3, -0.25) is 0 Å². The molecule has 23 heavy (non-hydrogen) atoms. The summed E-state index contributed by atoms with van der Waals surface area (Å²) in [4.78, 5) is 0. The summed E-state index contributed by atoms with van der Waals surface area (Å²) >= 11 is 0. The largest absolute Gasteiger partial charge is 0.503 e. The van der Waals surface area contributed by atoms with Crippen LogP contribution >= 0.6 is 0 Å². The van der Waals surface area contributed by atoms with Gasteiger partial charge in [-0.05, 0) is 48.2 Å². The van der Waals surface area contributed by atoms with Crippen LogP contribution in [0.1, 0.15) is 36.8 Å². The molecule has 0 spiro atoms. The van der Waals surface area contributed by atoms with Crippen LogP contribution < -0.4 is 11.5 Å². The van der Waals surface area contributed by atoms with E-state index in [2.05, 4.69) is 0 Å². The van der Waals surface area contributed by atoms with E-state index in [9.17, 15) is 19.0 Å². The molecule has 2 aromatic rings. The van der Waals surface area contributed by atoms with Gasteiger partial charge in [0.05, 0.1) is 11.4 Å². The van der Waals surface area contributed by atoms with Gasteiger partial charge in [-0.25, -0.2) is 8.78 Å². The molecular formula is C17H18F2N2O2. The number of benzene rings is 2. The van der Waals surface area contributed by atoms with Crippen LogP contribution in [0, 0.1) is 11.6 Å². The number of phenols is 2. The van der Waals surface area contributed by atoms with Crippen LogP contribution in [0.3, 0.4) is 0 Å². The molecule has 0 saturated heterocycles. The Morgan fingerprint density at radius 2 is 1.17 bits per heavy atom. The number of anilines is 2. The maximum atomic E-state index is 13.9. The lowest BCUT2D eigenvalue weighted by atomic mass is 9.72. The second-order valence-electron chi connectivity index (χ2n) is 6.08. The summed E-state index contributed by atoms with van der Waals surface area (Å²) in [5.74, 6) is -2.78. The topological polar surface area (TPSA) is 92.5 Å². The molecule has 0 amide bonds. The first-order valence-electron chi connectivity index (χ1n) is 7.42. The minimum atomic E-state index is -0.807. The molecule has 1 aliphatic carbocycles. The van der Waals surface area contributed by atoms with Crippen molar-refractivity contribution in [3.63, 3.8) is 0 Å².